The van der Waals surface area contributed by atoms with Crippen LogP contribution in [0.2, 0.25) is 0 Å². The van der Waals surface area contributed by atoms with Crippen LogP contribution < -0.4 is 10.2 Å². The largest absolute Gasteiger partial charge is 0.354 e. The zero-order valence-corrected chi connectivity index (χ0v) is 16.1. The molecule has 0 spiro atoms. The molecule has 1 N–H and O–H groups in total. The van der Waals surface area contributed by atoms with E-state index < -0.39 is 0 Å². The van der Waals surface area contributed by atoms with Crippen molar-refractivity contribution in [2.75, 3.05) is 38.1 Å². The molecule has 0 radical (unpaired) electrons. The molecule has 4 rings (SSSR count). The average molecular weight is 371 g/mol. The molecule has 3 heterocycles. The summed E-state index contributed by atoms with van der Waals surface area (Å²) >= 11 is 1.66. The summed E-state index contributed by atoms with van der Waals surface area (Å²) < 4.78 is 0. The van der Waals surface area contributed by atoms with Crippen molar-refractivity contribution in [3.63, 3.8) is 0 Å². The van der Waals surface area contributed by atoms with E-state index in [0.29, 0.717) is 6.54 Å². The van der Waals surface area contributed by atoms with Gasteiger partial charge in [0.15, 0.2) is 0 Å². The molecule has 0 bridgehead atoms. The number of nitrogens with one attached hydrogen (secondary N) is 1. The Hall–Kier alpha value is -1.92. The Morgan fingerprint density at radius 2 is 2.00 bits per heavy atom. The van der Waals surface area contributed by atoms with E-state index in [1.54, 1.807) is 11.3 Å². The summed E-state index contributed by atoms with van der Waals surface area (Å²) in [6.07, 6.45) is 6.63. The molecule has 1 fully saturated rings. The minimum atomic E-state index is 0.0348. The fourth-order valence-corrected chi connectivity index (χ4v) is 4.79. The number of piperazine rings is 1. The normalized spacial score (nSPS) is 17.8. The SMILES string of the molecule is CN1CCN(c2ccc(CNC(=O)c3cc4c(s3)CCCC4)cn2)CC1. The lowest BCUT2D eigenvalue weighted by Crippen LogP contribution is -2.44. The molecule has 1 saturated heterocycles. The maximum Gasteiger partial charge on any atom is 0.261 e. The minimum absolute atomic E-state index is 0.0348. The molecule has 0 atom stereocenters. The molecule has 2 aromatic heterocycles. The van der Waals surface area contributed by atoms with Crippen molar-refractivity contribution in [3.8, 4) is 0 Å². The highest BCUT2D eigenvalue weighted by atomic mass is 32.1. The first-order valence-electron chi connectivity index (χ1n) is 9.47. The monoisotopic (exact) mass is 370 g/mol. The second-order valence-electron chi connectivity index (χ2n) is 7.26. The zero-order valence-electron chi connectivity index (χ0n) is 15.3. The fourth-order valence-electron chi connectivity index (χ4n) is 3.62. The van der Waals surface area contributed by atoms with E-state index in [-0.39, 0.29) is 5.91 Å². The van der Waals surface area contributed by atoms with Gasteiger partial charge in [-0.25, -0.2) is 4.98 Å². The third-order valence-electron chi connectivity index (χ3n) is 5.31. The number of aromatic nitrogens is 1. The van der Waals surface area contributed by atoms with Crippen LogP contribution in [0.5, 0.6) is 0 Å². The zero-order chi connectivity index (χ0) is 17.9. The van der Waals surface area contributed by atoms with Crippen LogP contribution in [-0.2, 0) is 19.4 Å². The maximum absolute atomic E-state index is 12.4. The number of carbonyl (C=O) groups excluding carboxylic acids is 1. The molecule has 2 aromatic rings. The summed E-state index contributed by atoms with van der Waals surface area (Å²) in [6.45, 7) is 4.71. The number of anilines is 1. The molecule has 0 unspecified atom stereocenters. The van der Waals surface area contributed by atoms with Crippen LogP contribution in [-0.4, -0.2) is 49.0 Å². The van der Waals surface area contributed by atoms with E-state index in [9.17, 15) is 4.79 Å². The van der Waals surface area contributed by atoms with Crippen molar-refractivity contribution in [1.29, 1.82) is 0 Å². The van der Waals surface area contributed by atoms with E-state index in [0.717, 1.165) is 55.3 Å². The molecule has 1 aliphatic heterocycles. The van der Waals surface area contributed by atoms with Gasteiger partial charge in [0.05, 0.1) is 4.88 Å². The Morgan fingerprint density at radius 3 is 2.73 bits per heavy atom. The van der Waals surface area contributed by atoms with Gasteiger partial charge in [-0.1, -0.05) is 6.07 Å². The summed E-state index contributed by atoms with van der Waals surface area (Å²) in [5.74, 6) is 1.06. The Bertz CT molecular complexity index is 739. The summed E-state index contributed by atoms with van der Waals surface area (Å²) in [6, 6.07) is 6.22. The average Bonchev–Trinajstić information content (AvgIpc) is 3.11. The smallest absolute Gasteiger partial charge is 0.261 e. The number of aryl methyl sites for hydroxylation is 2. The van der Waals surface area contributed by atoms with Crippen molar-refractivity contribution >= 4 is 23.1 Å². The molecule has 1 amide bonds. The lowest BCUT2D eigenvalue weighted by Gasteiger charge is -2.33. The van der Waals surface area contributed by atoms with Gasteiger partial charge in [-0.3, -0.25) is 4.79 Å². The molecule has 5 nitrogen and oxygen atoms in total. The highest BCUT2D eigenvalue weighted by Gasteiger charge is 2.17. The van der Waals surface area contributed by atoms with Crippen molar-refractivity contribution in [2.45, 2.75) is 32.2 Å². The van der Waals surface area contributed by atoms with Crippen LogP contribution in [0.4, 0.5) is 5.82 Å². The van der Waals surface area contributed by atoms with Crippen molar-refractivity contribution in [2.24, 2.45) is 0 Å². The minimum Gasteiger partial charge on any atom is -0.354 e. The highest BCUT2D eigenvalue weighted by Crippen LogP contribution is 2.29. The summed E-state index contributed by atoms with van der Waals surface area (Å²) in [7, 11) is 2.15. The fraction of sp³-hybridized carbons (Fsp3) is 0.500. The van der Waals surface area contributed by atoms with Crippen LogP contribution in [0, 0.1) is 0 Å². The first-order chi connectivity index (χ1) is 12.7. The van der Waals surface area contributed by atoms with Crippen molar-refractivity contribution in [1.82, 2.24) is 15.2 Å². The van der Waals surface area contributed by atoms with Crippen molar-refractivity contribution in [3.05, 3.63) is 45.3 Å². The van der Waals surface area contributed by atoms with E-state index >= 15 is 0 Å². The van der Waals surface area contributed by atoms with Crippen LogP contribution in [0.15, 0.2) is 24.4 Å². The van der Waals surface area contributed by atoms with Gasteiger partial charge in [0, 0.05) is 43.8 Å². The van der Waals surface area contributed by atoms with E-state index in [4.69, 9.17) is 0 Å². The highest BCUT2D eigenvalue weighted by molar-refractivity contribution is 7.14. The molecule has 1 aliphatic carbocycles. The van der Waals surface area contributed by atoms with Crippen LogP contribution in [0.1, 0.15) is 38.5 Å². The predicted octanol–water partition coefficient (Wildman–Crippen LogP) is 2.70. The van der Waals surface area contributed by atoms with Gasteiger partial charge < -0.3 is 15.1 Å². The Kier molecular flexibility index (Phi) is 5.22. The standard InChI is InChI=1S/C20H26N4OS/c1-23-8-10-24(11-9-23)19-7-6-15(13-21-19)14-22-20(25)18-12-16-4-2-3-5-17(16)26-18/h6-7,12-13H,2-5,8-11,14H2,1H3,(H,22,25). The second kappa shape index (κ2) is 7.76. The molecule has 2 aliphatic rings. The third-order valence-corrected chi connectivity index (χ3v) is 6.55. The lowest BCUT2D eigenvalue weighted by molar-refractivity contribution is 0.0955. The first kappa shape index (κ1) is 17.5. The third kappa shape index (κ3) is 3.91. The van der Waals surface area contributed by atoms with Crippen LogP contribution in [0.3, 0.4) is 0 Å². The van der Waals surface area contributed by atoms with Crippen LogP contribution >= 0.6 is 11.3 Å². The summed E-state index contributed by atoms with van der Waals surface area (Å²) in [4.78, 5) is 23.9. The topological polar surface area (TPSA) is 48.5 Å². The molecule has 138 valence electrons. The molecular formula is C20H26N4OS. The quantitative estimate of drug-likeness (QED) is 0.899. The Balaban J connectivity index is 1.33. The summed E-state index contributed by atoms with van der Waals surface area (Å²) in [5, 5.41) is 3.04. The number of hydrogen-bond acceptors (Lipinski definition) is 5. The van der Waals surface area contributed by atoms with E-state index in [2.05, 4.69) is 45.3 Å². The van der Waals surface area contributed by atoms with Gasteiger partial charge in [-0.05, 0) is 56.0 Å². The Labute approximate surface area is 159 Å². The number of nitrogens with zero attached hydrogens (tertiary/aromatic N) is 3. The van der Waals surface area contributed by atoms with Gasteiger partial charge in [-0.2, -0.15) is 0 Å². The molecule has 26 heavy (non-hydrogen) atoms. The predicted molar refractivity (Wildman–Crippen MR) is 106 cm³/mol. The lowest BCUT2D eigenvalue weighted by atomic mass is 9.99. The van der Waals surface area contributed by atoms with Gasteiger partial charge in [0.25, 0.3) is 5.91 Å². The second-order valence-corrected chi connectivity index (χ2v) is 8.40. The number of pyridine rings is 1. The van der Waals surface area contributed by atoms with Gasteiger partial charge in [-0.15, -0.1) is 11.3 Å². The molecule has 6 heteroatoms. The molecular weight excluding hydrogens is 344 g/mol. The first-order valence-corrected chi connectivity index (χ1v) is 10.3. The Morgan fingerprint density at radius 1 is 1.19 bits per heavy atom. The number of likely N-dealkylation sites (N-methyl/N-ethyl adjacent to an activating group) is 1. The number of fused-ring (bicyclic) bond motifs is 1. The number of thiophene rings is 1. The van der Waals surface area contributed by atoms with E-state index in [1.807, 2.05) is 6.20 Å². The maximum atomic E-state index is 12.4. The number of rotatable bonds is 4. The van der Waals surface area contributed by atoms with Crippen LogP contribution in [0.25, 0.3) is 0 Å². The molecule has 0 saturated carbocycles. The summed E-state index contributed by atoms with van der Waals surface area (Å²) in [5.41, 5.74) is 2.42. The van der Waals surface area contributed by atoms with Gasteiger partial charge in [0.2, 0.25) is 0 Å². The van der Waals surface area contributed by atoms with Gasteiger partial charge >= 0.3 is 0 Å². The molecule has 0 aromatic carbocycles. The van der Waals surface area contributed by atoms with Gasteiger partial charge in [0.1, 0.15) is 5.82 Å². The van der Waals surface area contributed by atoms with E-state index in [1.165, 1.54) is 23.3 Å². The number of carbonyl (C=O) groups is 1. The number of hydrogen-bond donors (Lipinski definition) is 1. The van der Waals surface area contributed by atoms with Crippen molar-refractivity contribution < 1.29 is 4.79 Å². The number of amides is 1.